The summed E-state index contributed by atoms with van der Waals surface area (Å²) in [5, 5.41) is 3.67. The molecule has 0 spiro atoms. The summed E-state index contributed by atoms with van der Waals surface area (Å²) in [6.07, 6.45) is 13.6. The van der Waals surface area contributed by atoms with Gasteiger partial charge >= 0.3 is 0 Å². The Morgan fingerprint density at radius 1 is 1.29 bits per heavy atom. The van der Waals surface area contributed by atoms with Crippen LogP contribution in [-0.4, -0.2) is 36.8 Å². The molecular formula is C14H27NOS. The van der Waals surface area contributed by atoms with Gasteiger partial charge in [-0.3, -0.25) is 0 Å². The van der Waals surface area contributed by atoms with Gasteiger partial charge in [-0.05, 0) is 51.3 Å². The van der Waals surface area contributed by atoms with Crippen LogP contribution in [0.1, 0.15) is 51.4 Å². The van der Waals surface area contributed by atoms with Crippen molar-refractivity contribution in [1.82, 2.24) is 5.32 Å². The molecule has 1 atom stereocenters. The summed E-state index contributed by atoms with van der Waals surface area (Å²) in [6.45, 7) is 3.37. The third kappa shape index (κ3) is 4.15. The van der Waals surface area contributed by atoms with Crippen molar-refractivity contribution in [2.24, 2.45) is 0 Å². The average molecular weight is 257 g/mol. The first-order valence-electron chi connectivity index (χ1n) is 7.22. The highest BCUT2D eigenvalue weighted by atomic mass is 32.2. The highest BCUT2D eigenvalue weighted by Crippen LogP contribution is 2.39. The molecule has 100 valence electrons. The van der Waals surface area contributed by atoms with Crippen molar-refractivity contribution >= 4 is 11.8 Å². The van der Waals surface area contributed by atoms with Crippen molar-refractivity contribution < 1.29 is 4.74 Å². The minimum absolute atomic E-state index is 0.559. The molecule has 0 bridgehead atoms. The molecule has 3 heteroatoms. The lowest BCUT2D eigenvalue weighted by atomic mass is 10.1. The summed E-state index contributed by atoms with van der Waals surface area (Å²) in [5.41, 5.74) is 0. The van der Waals surface area contributed by atoms with Gasteiger partial charge in [-0.25, -0.2) is 0 Å². The zero-order chi connectivity index (χ0) is 12.0. The normalized spacial score (nSPS) is 27.7. The van der Waals surface area contributed by atoms with Crippen molar-refractivity contribution in [3.05, 3.63) is 0 Å². The molecule has 2 rings (SSSR count). The SMILES string of the molecule is CSC1(CNCCCC2CCCO2)CCCC1. The largest absolute Gasteiger partial charge is 0.378 e. The monoisotopic (exact) mass is 257 g/mol. The third-order valence-electron chi connectivity index (χ3n) is 4.30. The fraction of sp³-hybridized carbons (Fsp3) is 1.00. The first-order valence-corrected chi connectivity index (χ1v) is 8.45. The van der Waals surface area contributed by atoms with Crippen molar-refractivity contribution in [2.75, 3.05) is 26.0 Å². The minimum Gasteiger partial charge on any atom is -0.378 e. The molecule has 0 radical (unpaired) electrons. The van der Waals surface area contributed by atoms with Crippen LogP contribution in [0.5, 0.6) is 0 Å². The molecule has 1 unspecified atom stereocenters. The number of ether oxygens (including phenoxy) is 1. The van der Waals surface area contributed by atoms with Crippen LogP contribution >= 0.6 is 11.8 Å². The zero-order valence-corrected chi connectivity index (χ0v) is 12.0. The maximum absolute atomic E-state index is 5.64. The molecule has 0 aromatic carbocycles. The molecule has 1 aliphatic heterocycles. The fourth-order valence-electron chi connectivity index (χ4n) is 3.12. The maximum Gasteiger partial charge on any atom is 0.0576 e. The number of nitrogens with one attached hydrogen (secondary N) is 1. The lowest BCUT2D eigenvalue weighted by Crippen LogP contribution is -2.35. The molecule has 1 saturated heterocycles. The fourth-order valence-corrected chi connectivity index (χ4v) is 4.06. The van der Waals surface area contributed by atoms with Gasteiger partial charge in [0.25, 0.3) is 0 Å². The van der Waals surface area contributed by atoms with E-state index in [0.29, 0.717) is 10.9 Å². The van der Waals surface area contributed by atoms with Gasteiger partial charge in [0.1, 0.15) is 0 Å². The second kappa shape index (κ2) is 7.01. The van der Waals surface area contributed by atoms with Crippen LogP contribution in [0.2, 0.25) is 0 Å². The van der Waals surface area contributed by atoms with E-state index in [2.05, 4.69) is 23.3 Å². The van der Waals surface area contributed by atoms with Crippen LogP contribution in [0.15, 0.2) is 0 Å². The summed E-state index contributed by atoms with van der Waals surface area (Å²) < 4.78 is 6.20. The van der Waals surface area contributed by atoms with Gasteiger partial charge in [0.2, 0.25) is 0 Å². The van der Waals surface area contributed by atoms with E-state index >= 15 is 0 Å². The molecule has 1 heterocycles. The van der Waals surface area contributed by atoms with E-state index < -0.39 is 0 Å². The molecular weight excluding hydrogens is 230 g/mol. The van der Waals surface area contributed by atoms with E-state index in [4.69, 9.17) is 4.74 Å². The van der Waals surface area contributed by atoms with Crippen molar-refractivity contribution in [2.45, 2.75) is 62.2 Å². The molecule has 0 amide bonds. The van der Waals surface area contributed by atoms with Gasteiger partial charge in [0.15, 0.2) is 0 Å². The standard InChI is InChI=1S/C14H27NOS/c1-17-14(8-2-3-9-14)12-15-10-4-6-13-7-5-11-16-13/h13,15H,2-12H2,1H3. The Labute approximate surface area is 110 Å². The first kappa shape index (κ1) is 13.7. The molecule has 0 aromatic heterocycles. The molecule has 1 saturated carbocycles. The average Bonchev–Trinajstić information content (AvgIpc) is 3.00. The highest BCUT2D eigenvalue weighted by Gasteiger charge is 2.32. The van der Waals surface area contributed by atoms with Gasteiger partial charge in [-0.1, -0.05) is 12.8 Å². The number of rotatable bonds is 7. The summed E-state index contributed by atoms with van der Waals surface area (Å²) in [5.74, 6) is 0. The summed E-state index contributed by atoms with van der Waals surface area (Å²) >= 11 is 2.08. The van der Waals surface area contributed by atoms with Crippen molar-refractivity contribution in [3.63, 3.8) is 0 Å². The summed E-state index contributed by atoms with van der Waals surface area (Å²) in [4.78, 5) is 0. The zero-order valence-electron chi connectivity index (χ0n) is 11.2. The van der Waals surface area contributed by atoms with Crippen LogP contribution in [0, 0.1) is 0 Å². The van der Waals surface area contributed by atoms with Crippen LogP contribution in [0.3, 0.4) is 0 Å². The van der Waals surface area contributed by atoms with Crippen molar-refractivity contribution in [1.29, 1.82) is 0 Å². The molecule has 2 aliphatic rings. The van der Waals surface area contributed by atoms with E-state index in [-0.39, 0.29) is 0 Å². The second-order valence-corrected chi connectivity index (χ2v) is 6.82. The van der Waals surface area contributed by atoms with Gasteiger partial charge < -0.3 is 10.1 Å². The van der Waals surface area contributed by atoms with Crippen LogP contribution in [-0.2, 0) is 4.74 Å². The third-order valence-corrected chi connectivity index (χ3v) is 5.72. The number of hydrogen-bond donors (Lipinski definition) is 1. The van der Waals surface area contributed by atoms with Crippen molar-refractivity contribution in [3.8, 4) is 0 Å². The van der Waals surface area contributed by atoms with Gasteiger partial charge in [-0.2, -0.15) is 11.8 Å². The Balaban J connectivity index is 1.53. The lowest BCUT2D eigenvalue weighted by molar-refractivity contribution is 0.102. The Bertz CT molecular complexity index is 210. The molecule has 1 N–H and O–H groups in total. The molecule has 17 heavy (non-hydrogen) atoms. The van der Waals surface area contributed by atoms with Gasteiger partial charge in [-0.15, -0.1) is 0 Å². The Hall–Kier alpha value is 0.270. The maximum atomic E-state index is 5.64. The quantitative estimate of drug-likeness (QED) is 0.708. The van der Waals surface area contributed by atoms with E-state index in [1.54, 1.807) is 0 Å². The molecule has 1 aliphatic carbocycles. The summed E-state index contributed by atoms with van der Waals surface area (Å²) in [6, 6.07) is 0. The van der Waals surface area contributed by atoms with Crippen LogP contribution in [0.4, 0.5) is 0 Å². The Morgan fingerprint density at radius 2 is 2.12 bits per heavy atom. The van der Waals surface area contributed by atoms with E-state index in [0.717, 1.165) is 6.61 Å². The Kier molecular flexibility index (Phi) is 5.64. The number of hydrogen-bond acceptors (Lipinski definition) is 3. The number of thioether (sulfide) groups is 1. The minimum atomic E-state index is 0.559. The summed E-state index contributed by atoms with van der Waals surface area (Å²) in [7, 11) is 0. The smallest absolute Gasteiger partial charge is 0.0576 e. The second-order valence-electron chi connectivity index (χ2n) is 5.55. The first-order chi connectivity index (χ1) is 8.35. The van der Waals surface area contributed by atoms with E-state index in [1.165, 1.54) is 64.5 Å². The predicted molar refractivity (Wildman–Crippen MR) is 75.8 cm³/mol. The molecule has 0 aromatic rings. The molecule has 2 fully saturated rings. The highest BCUT2D eigenvalue weighted by molar-refractivity contribution is 8.00. The molecule has 2 nitrogen and oxygen atoms in total. The van der Waals surface area contributed by atoms with Crippen LogP contribution < -0.4 is 5.32 Å². The lowest BCUT2D eigenvalue weighted by Gasteiger charge is -2.27. The van der Waals surface area contributed by atoms with E-state index in [9.17, 15) is 0 Å². The van der Waals surface area contributed by atoms with Gasteiger partial charge in [0.05, 0.1) is 6.10 Å². The van der Waals surface area contributed by atoms with Gasteiger partial charge in [0, 0.05) is 17.9 Å². The predicted octanol–water partition coefficient (Wildman–Crippen LogP) is 3.21. The Morgan fingerprint density at radius 3 is 2.76 bits per heavy atom. The van der Waals surface area contributed by atoms with Crippen LogP contribution in [0.25, 0.3) is 0 Å². The van der Waals surface area contributed by atoms with E-state index in [1.807, 2.05) is 0 Å². The topological polar surface area (TPSA) is 21.3 Å².